The third kappa shape index (κ3) is 4.50. The SMILES string of the molecule is Cc1cc(OCC(=O)Nc2cc(C)on2)c2c(C)c(Cc3ccccc3)c(=O)oc2c1. The quantitative estimate of drug-likeness (QED) is 0.469. The van der Waals surface area contributed by atoms with Crippen LogP contribution in [0.3, 0.4) is 0 Å². The Bertz CT molecular complexity index is 1310. The van der Waals surface area contributed by atoms with Crippen LogP contribution in [0.25, 0.3) is 11.0 Å². The van der Waals surface area contributed by atoms with Crippen LogP contribution in [0.5, 0.6) is 5.75 Å². The highest BCUT2D eigenvalue weighted by Crippen LogP contribution is 2.31. The fourth-order valence-corrected chi connectivity index (χ4v) is 3.50. The molecule has 158 valence electrons. The molecule has 0 aliphatic heterocycles. The molecule has 0 saturated heterocycles. The van der Waals surface area contributed by atoms with Gasteiger partial charge in [0.15, 0.2) is 12.4 Å². The average molecular weight is 418 g/mol. The number of hydrogen-bond acceptors (Lipinski definition) is 6. The maximum atomic E-state index is 12.7. The lowest BCUT2D eigenvalue weighted by molar-refractivity contribution is -0.118. The van der Waals surface area contributed by atoms with Crippen LogP contribution >= 0.6 is 0 Å². The van der Waals surface area contributed by atoms with Crippen molar-refractivity contribution in [2.45, 2.75) is 27.2 Å². The summed E-state index contributed by atoms with van der Waals surface area (Å²) in [6, 6.07) is 15.0. The van der Waals surface area contributed by atoms with E-state index in [2.05, 4.69) is 10.5 Å². The fraction of sp³-hybridized carbons (Fsp3) is 0.208. The van der Waals surface area contributed by atoms with E-state index in [1.165, 1.54) is 0 Å². The van der Waals surface area contributed by atoms with Gasteiger partial charge in [-0.1, -0.05) is 35.5 Å². The molecule has 0 unspecified atom stereocenters. The van der Waals surface area contributed by atoms with Gasteiger partial charge >= 0.3 is 5.63 Å². The molecule has 0 bridgehead atoms. The molecule has 7 heteroatoms. The first kappa shape index (κ1) is 20.4. The number of anilines is 1. The van der Waals surface area contributed by atoms with E-state index in [9.17, 15) is 9.59 Å². The summed E-state index contributed by atoms with van der Waals surface area (Å²) in [5.74, 6) is 1.03. The zero-order valence-electron chi connectivity index (χ0n) is 17.5. The van der Waals surface area contributed by atoms with Crippen LogP contribution in [0, 0.1) is 20.8 Å². The van der Waals surface area contributed by atoms with Crippen molar-refractivity contribution in [2.24, 2.45) is 0 Å². The number of hydrogen-bond donors (Lipinski definition) is 1. The molecule has 1 amide bonds. The van der Waals surface area contributed by atoms with E-state index in [0.717, 1.165) is 16.7 Å². The molecule has 4 aromatic rings. The van der Waals surface area contributed by atoms with E-state index in [4.69, 9.17) is 13.7 Å². The zero-order chi connectivity index (χ0) is 22.0. The number of aryl methyl sites for hydroxylation is 3. The van der Waals surface area contributed by atoms with Crippen LogP contribution < -0.4 is 15.7 Å². The molecule has 0 atom stereocenters. The second-order valence-electron chi connectivity index (χ2n) is 7.45. The largest absolute Gasteiger partial charge is 0.483 e. The van der Waals surface area contributed by atoms with Gasteiger partial charge in [0.25, 0.3) is 5.91 Å². The molecule has 0 spiro atoms. The van der Waals surface area contributed by atoms with Crippen molar-refractivity contribution in [3.05, 3.63) is 87.0 Å². The van der Waals surface area contributed by atoms with E-state index in [1.807, 2.05) is 50.2 Å². The van der Waals surface area contributed by atoms with E-state index in [1.54, 1.807) is 19.1 Å². The Morgan fingerprint density at radius 1 is 1.10 bits per heavy atom. The predicted molar refractivity (Wildman–Crippen MR) is 117 cm³/mol. The van der Waals surface area contributed by atoms with E-state index in [-0.39, 0.29) is 18.1 Å². The highest BCUT2D eigenvalue weighted by Gasteiger charge is 2.17. The van der Waals surface area contributed by atoms with Crippen molar-refractivity contribution in [1.29, 1.82) is 0 Å². The van der Waals surface area contributed by atoms with Crippen molar-refractivity contribution in [1.82, 2.24) is 5.16 Å². The molecule has 1 N–H and O–H groups in total. The van der Waals surface area contributed by atoms with Crippen molar-refractivity contribution in [3.8, 4) is 5.75 Å². The summed E-state index contributed by atoms with van der Waals surface area (Å²) in [7, 11) is 0. The number of fused-ring (bicyclic) bond motifs is 1. The molecule has 0 aliphatic rings. The van der Waals surface area contributed by atoms with Crippen LogP contribution in [0.4, 0.5) is 5.82 Å². The minimum absolute atomic E-state index is 0.225. The van der Waals surface area contributed by atoms with E-state index >= 15 is 0 Å². The lowest BCUT2D eigenvalue weighted by atomic mass is 9.98. The van der Waals surface area contributed by atoms with Gasteiger partial charge in [-0.3, -0.25) is 4.79 Å². The van der Waals surface area contributed by atoms with Gasteiger partial charge in [-0.05, 0) is 49.6 Å². The molecule has 0 fully saturated rings. The van der Waals surface area contributed by atoms with Gasteiger partial charge in [0, 0.05) is 18.1 Å². The summed E-state index contributed by atoms with van der Waals surface area (Å²) in [6.45, 7) is 5.26. The number of aromatic nitrogens is 1. The molecule has 0 saturated carbocycles. The molecule has 7 nitrogen and oxygen atoms in total. The lowest BCUT2D eigenvalue weighted by Crippen LogP contribution is -2.20. The standard InChI is InChI=1S/C24H22N2O5/c1-14-9-19(29-13-22(27)25-21-11-15(2)31-26-21)23-16(3)18(24(28)30-20(23)10-14)12-17-7-5-4-6-8-17/h4-11H,12-13H2,1-3H3,(H,25,26,27). The Morgan fingerprint density at radius 2 is 1.87 bits per heavy atom. The van der Waals surface area contributed by atoms with Gasteiger partial charge in [-0.15, -0.1) is 0 Å². The van der Waals surface area contributed by atoms with Crippen LogP contribution in [0.2, 0.25) is 0 Å². The number of amides is 1. The van der Waals surface area contributed by atoms with Crippen LogP contribution in [0.15, 0.2) is 62.3 Å². The first-order valence-electron chi connectivity index (χ1n) is 9.87. The Kier molecular flexibility index (Phi) is 5.58. The van der Waals surface area contributed by atoms with Crippen molar-refractivity contribution >= 4 is 22.7 Å². The first-order chi connectivity index (χ1) is 14.9. The summed E-state index contributed by atoms with van der Waals surface area (Å²) in [5, 5.41) is 7.04. The minimum atomic E-state index is -0.373. The normalized spacial score (nSPS) is 10.9. The minimum Gasteiger partial charge on any atom is -0.483 e. The van der Waals surface area contributed by atoms with Gasteiger partial charge in [0.2, 0.25) is 0 Å². The molecule has 2 aromatic carbocycles. The molecule has 4 rings (SSSR count). The third-order valence-electron chi connectivity index (χ3n) is 4.96. The summed E-state index contributed by atoms with van der Waals surface area (Å²) >= 11 is 0. The van der Waals surface area contributed by atoms with Crippen molar-refractivity contribution in [3.63, 3.8) is 0 Å². The Labute approximate surface area is 178 Å². The van der Waals surface area contributed by atoms with E-state index < -0.39 is 0 Å². The first-order valence-corrected chi connectivity index (χ1v) is 9.87. The Morgan fingerprint density at radius 3 is 2.58 bits per heavy atom. The summed E-state index contributed by atoms with van der Waals surface area (Å²) in [6.07, 6.45) is 0.449. The summed E-state index contributed by atoms with van der Waals surface area (Å²) in [5.41, 5.74) is 3.27. The summed E-state index contributed by atoms with van der Waals surface area (Å²) < 4.78 is 16.4. The molecule has 31 heavy (non-hydrogen) atoms. The maximum absolute atomic E-state index is 12.7. The van der Waals surface area contributed by atoms with Crippen molar-refractivity contribution < 1.29 is 18.5 Å². The molecule has 0 radical (unpaired) electrons. The topological polar surface area (TPSA) is 94.6 Å². The van der Waals surface area contributed by atoms with Gasteiger partial charge in [-0.25, -0.2) is 4.79 Å². The van der Waals surface area contributed by atoms with Gasteiger partial charge < -0.3 is 19.0 Å². The molecule has 2 heterocycles. The van der Waals surface area contributed by atoms with E-state index in [0.29, 0.717) is 40.3 Å². The molecule has 0 aliphatic carbocycles. The third-order valence-corrected chi connectivity index (χ3v) is 4.96. The number of nitrogens with one attached hydrogen (secondary N) is 1. The molecular formula is C24H22N2O5. The highest BCUT2D eigenvalue weighted by molar-refractivity contribution is 5.92. The molecule has 2 aromatic heterocycles. The second-order valence-corrected chi connectivity index (χ2v) is 7.45. The number of nitrogens with zero attached hydrogens (tertiary/aromatic N) is 1. The predicted octanol–water partition coefficient (Wildman–Crippen LogP) is 4.31. The Hall–Kier alpha value is -3.87. The highest BCUT2D eigenvalue weighted by atomic mass is 16.5. The maximum Gasteiger partial charge on any atom is 0.340 e. The second kappa shape index (κ2) is 8.47. The van der Waals surface area contributed by atoms with Crippen LogP contribution in [0.1, 0.15) is 28.0 Å². The lowest BCUT2D eigenvalue weighted by Gasteiger charge is -2.14. The van der Waals surface area contributed by atoms with Crippen LogP contribution in [-0.4, -0.2) is 17.7 Å². The number of benzene rings is 2. The summed E-state index contributed by atoms with van der Waals surface area (Å²) in [4.78, 5) is 24.9. The monoisotopic (exact) mass is 418 g/mol. The Balaban J connectivity index is 1.65. The number of ether oxygens (including phenoxy) is 1. The zero-order valence-corrected chi connectivity index (χ0v) is 17.5. The molecular weight excluding hydrogens is 396 g/mol. The van der Waals surface area contributed by atoms with Crippen molar-refractivity contribution in [2.75, 3.05) is 11.9 Å². The number of carbonyl (C=O) groups is 1. The number of carbonyl (C=O) groups excluding carboxylic acids is 1. The number of rotatable bonds is 6. The fourth-order valence-electron chi connectivity index (χ4n) is 3.50. The smallest absolute Gasteiger partial charge is 0.340 e. The average Bonchev–Trinajstić information content (AvgIpc) is 3.14. The van der Waals surface area contributed by atoms with Gasteiger partial charge in [0.05, 0.1) is 5.39 Å². The van der Waals surface area contributed by atoms with Gasteiger partial charge in [0.1, 0.15) is 17.1 Å². The van der Waals surface area contributed by atoms with Gasteiger partial charge in [-0.2, -0.15) is 0 Å². The van der Waals surface area contributed by atoms with Crippen LogP contribution in [-0.2, 0) is 11.2 Å².